The smallest absolute Gasteiger partial charge is 0.235 e. The van der Waals surface area contributed by atoms with Crippen LogP contribution in [0.3, 0.4) is 0 Å². The van der Waals surface area contributed by atoms with Crippen molar-refractivity contribution in [2.45, 2.75) is 57.9 Å². The van der Waals surface area contributed by atoms with Crippen LogP contribution in [0, 0.1) is 5.92 Å². The molecule has 20 heavy (non-hydrogen) atoms. The monoisotopic (exact) mass is 304 g/mol. The normalized spacial score (nSPS) is 23.5. The molecule has 1 saturated carbocycles. The fourth-order valence-corrected chi connectivity index (χ4v) is 4.04. The third-order valence-electron chi connectivity index (χ3n) is 3.97. The van der Waals surface area contributed by atoms with Crippen molar-refractivity contribution in [1.82, 2.24) is 5.32 Å². The lowest BCUT2D eigenvalue weighted by atomic mass is 9.84. The van der Waals surface area contributed by atoms with Gasteiger partial charge in [0.1, 0.15) is 5.75 Å². The van der Waals surface area contributed by atoms with Crippen LogP contribution in [0.5, 0.6) is 0 Å². The number of sulfone groups is 1. The van der Waals surface area contributed by atoms with Gasteiger partial charge < -0.3 is 11.1 Å². The van der Waals surface area contributed by atoms with Gasteiger partial charge in [-0.1, -0.05) is 32.6 Å². The number of carbonyl (C=O) groups excluding carboxylic acids is 1. The number of amides is 1. The lowest BCUT2D eigenvalue weighted by molar-refractivity contribution is -0.119. The summed E-state index contributed by atoms with van der Waals surface area (Å²) in [6.45, 7) is 2.57. The molecule has 1 fully saturated rings. The molecule has 0 bridgehead atoms. The minimum absolute atomic E-state index is 0.0482. The highest BCUT2D eigenvalue weighted by Gasteiger charge is 2.26. The molecule has 1 aliphatic rings. The van der Waals surface area contributed by atoms with Crippen LogP contribution < -0.4 is 11.1 Å². The Morgan fingerprint density at radius 2 is 1.95 bits per heavy atom. The fraction of sp³-hybridized carbons (Fsp3) is 0.929. The van der Waals surface area contributed by atoms with Crippen LogP contribution in [0.2, 0.25) is 0 Å². The van der Waals surface area contributed by atoms with Crippen LogP contribution in [-0.2, 0) is 14.6 Å². The Balaban J connectivity index is 2.41. The molecule has 2 atom stereocenters. The van der Waals surface area contributed by atoms with Crippen molar-refractivity contribution < 1.29 is 13.2 Å². The van der Waals surface area contributed by atoms with Crippen LogP contribution in [0.25, 0.3) is 0 Å². The van der Waals surface area contributed by atoms with E-state index in [2.05, 4.69) is 5.32 Å². The number of hydrogen-bond donors (Lipinski definition) is 2. The van der Waals surface area contributed by atoms with Crippen molar-refractivity contribution in [3.63, 3.8) is 0 Å². The second-order valence-electron chi connectivity index (χ2n) is 5.75. The molecule has 0 aromatic rings. The van der Waals surface area contributed by atoms with Crippen LogP contribution in [0.15, 0.2) is 0 Å². The van der Waals surface area contributed by atoms with Crippen molar-refractivity contribution in [3.05, 3.63) is 0 Å². The molecule has 0 radical (unpaired) electrons. The van der Waals surface area contributed by atoms with Crippen LogP contribution in [0.1, 0.15) is 51.9 Å². The molecular weight excluding hydrogens is 276 g/mol. The maximum Gasteiger partial charge on any atom is 0.235 e. The Kier molecular flexibility index (Phi) is 7.51. The Labute approximate surface area is 122 Å². The molecule has 6 heteroatoms. The van der Waals surface area contributed by atoms with Crippen molar-refractivity contribution in [2.75, 3.05) is 18.1 Å². The molecule has 0 heterocycles. The Hall–Kier alpha value is -0.620. The summed E-state index contributed by atoms with van der Waals surface area (Å²) < 4.78 is 23.6. The molecule has 0 aromatic carbocycles. The zero-order valence-corrected chi connectivity index (χ0v) is 13.3. The maximum atomic E-state index is 11.9. The van der Waals surface area contributed by atoms with Gasteiger partial charge >= 0.3 is 0 Å². The molecule has 2 unspecified atom stereocenters. The average Bonchev–Trinajstić information content (AvgIpc) is 2.38. The number of rotatable bonds is 8. The lowest BCUT2D eigenvalue weighted by Gasteiger charge is -2.31. The van der Waals surface area contributed by atoms with Gasteiger partial charge in [-0.25, -0.2) is 8.42 Å². The first-order valence-corrected chi connectivity index (χ1v) is 9.50. The predicted octanol–water partition coefficient (Wildman–Crippen LogP) is 1.23. The SMILES string of the molecule is CCCCCS(=O)(=O)CC(=O)NC1CCCCC1CN. The van der Waals surface area contributed by atoms with Gasteiger partial charge in [-0.3, -0.25) is 4.79 Å². The summed E-state index contributed by atoms with van der Waals surface area (Å²) in [5.41, 5.74) is 5.71. The second kappa shape index (κ2) is 8.62. The van der Waals surface area contributed by atoms with Gasteiger partial charge in [0, 0.05) is 6.04 Å². The maximum absolute atomic E-state index is 11.9. The highest BCUT2D eigenvalue weighted by Crippen LogP contribution is 2.23. The molecular formula is C14H28N2O3S. The average molecular weight is 304 g/mol. The summed E-state index contributed by atoms with van der Waals surface area (Å²) >= 11 is 0. The first-order chi connectivity index (χ1) is 9.48. The molecule has 1 aliphatic carbocycles. The topological polar surface area (TPSA) is 89.3 Å². The van der Waals surface area contributed by atoms with E-state index >= 15 is 0 Å². The standard InChI is InChI=1S/C14H28N2O3S/c1-2-3-6-9-20(18,19)11-14(17)16-13-8-5-4-7-12(13)10-15/h12-13H,2-11,15H2,1H3,(H,16,17). The highest BCUT2D eigenvalue weighted by molar-refractivity contribution is 7.92. The summed E-state index contributed by atoms with van der Waals surface area (Å²) in [7, 11) is -3.27. The number of nitrogens with one attached hydrogen (secondary N) is 1. The Morgan fingerprint density at radius 3 is 2.60 bits per heavy atom. The van der Waals surface area contributed by atoms with Crippen molar-refractivity contribution in [3.8, 4) is 0 Å². The zero-order valence-electron chi connectivity index (χ0n) is 12.4. The predicted molar refractivity (Wildman–Crippen MR) is 81.1 cm³/mol. The fourth-order valence-electron chi connectivity index (χ4n) is 2.77. The van der Waals surface area contributed by atoms with Gasteiger partial charge in [0.05, 0.1) is 5.75 Å². The highest BCUT2D eigenvalue weighted by atomic mass is 32.2. The third kappa shape index (κ3) is 6.22. The number of unbranched alkanes of at least 4 members (excludes halogenated alkanes) is 2. The minimum Gasteiger partial charge on any atom is -0.352 e. The number of carbonyl (C=O) groups is 1. The van der Waals surface area contributed by atoms with Crippen LogP contribution >= 0.6 is 0 Å². The van der Waals surface area contributed by atoms with E-state index < -0.39 is 9.84 Å². The Bertz CT molecular complexity index is 395. The molecule has 1 amide bonds. The van der Waals surface area contributed by atoms with Gasteiger partial charge in [0.25, 0.3) is 0 Å². The molecule has 0 spiro atoms. The summed E-state index contributed by atoms with van der Waals surface area (Å²) in [4.78, 5) is 11.9. The van der Waals surface area contributed by atoms with Gasteiger partial charge in [-0.15, -0.1) is 0 Å². The lowest BCUT2D eigenvalue weighted by Crippen LogP contribution is -2.46. The quantitative estimate of drug-likeness (QED) is 0.660. The van der Waals surface area contributed by atoms with E-state index in [1.54, 1.807) is 0 Å². The summed E-state index contributed by atoms with van der Waals surface area (Å²) in [6.07, 6.45) is 6.64. The first-order valence-electron chi connectivity index (χ1n) is 7.68. The number of hydrogen-bond acceptors (Lipinski definition) is 4. The van der Waals surface area contributed by atoms with E-state index in [4.69, 9.17) is 5.73 Å². The van der Waals surface area contributed by atoms with Gasteiger partial charge in [0.15, 0.2) is 9.84 Å². The molecule has 0 saturated heterocycles. The van der Waals surface area contributed by atoms with Crippen LogP contribution in [-0.4, -0.2) is 38.4 Å². The van der Waals surface area contributed by atoms with E-state index in [9.17, 15) is 13.2 Å². The van der Waals surface area contributed by atoms with Crippen molar-refractivity contribution in [2.24, 2.45) is 11.7 Å². The summed E-state index contributed by atoms with van der Waals surface area (Å²) in [6, 6.07) is 0.0482. The van der Waals surface area contributed by atoms with Gasteiger partial charge in [-0.2, -0.15) is 0 Å². The summed E-state index contributed by atoms with van der Waals surface area (Å²) in [5, 5.41) is 2.87. The van der Waals surface area contributed by atoms with Crippen molar-refractivity contribution >= 4 is 15.7 Å². The first kappa shape index (κ1) is 17.4. The minimum atomic E-state index is -3.27. The van der Waals surface area contributed by atoms with E-state index in [1.807, 2.05) is 6.92 Å². The molecule has 5 nitrogen and oxygen atoms in total. The van der Waals surface area contributed by atoms with E-state index in [-0.39, 0.29) is 29.4 Å². The Morgan fingerprint density at radius 1 is 1.25 bits per heavy atom. The second-order valence-corrected chi connectivity index (χ2v) is 7.94. The largest absolute Gasteiger partial charge is 0.352 e. The van der Waals surface area contributed by atoms with Gasteiger partial charge in [0.2, 0.25) is 5.91 Å². The molecule has 118 valence electrons. The molecule has 1 rings (SSSR count). The van der Waals surface area contributed by atoms with E-state index in [0.717, 1.165) is 38.5 Å². The molecule has 0 aromatic heterocycles. The van der Waals surface area contributed by atoms with Crippen LogP contribution in [0.4, 0.5) is 0 Å². The van der Waals surface area contributed by atoms with Gasteiger partial charge in [-0.05, 0) is 31.7 Å². The zero-order chi connectivity index (χ0) is 15.0. The number of nitrogens with two attached hydrogens (primary N) is 1. The van der Waals surface area contributed by atoms with Crippen molar-refractivity contribution in [1.29, 1.82) is 0 Å². The molecule has 3 N–H and O–H groups in total. The summed E-state index contributed by atoms with van der Waals surface area (Å²) in [5.74, 6) is -0.355. The molecule has 0 aliphatic heterocycles. The third-order valence-corrected chi connectivity index (χ3v) is 5.58. The van der Waals surface area contributed by atoms with E-state index in [1.165, 1.54) is 0 Å². The van der Waals surface area contributed by atoms with E-state index in [0.29, 0.717) is 13.0 Å².